The van der Waals surface area contributed by atoms with Crippen LogP contribution in [0.25, 0.3) is 38.9 Å². The van der Waals surface area contributed by atoms with E-state index in [1.54, 1.807) is 0 Å². The summed E-state index contributed by atoms with van der Waals surface area (Å²) in [4.78, 5) is 9.64. The molecule has 0 radical (unpaired) electrons. The van der Waals surface area contributed by atoms with Gasteiger partial charge in [-0.2, -0.15) is 10.5 Å². The van der Waals surface area contributed by atoms with Crippen LogP contribution in [0, 0.1) is 22.7 Å². The molecule has 0 fully saturated rings. The lowest BCUT2D eigenvalue weighted by atomic mass is 9.66. The first-order chi connectivity index (χ1) is 21.2. The summed E-state index contributed by atoms with van der Waals surface area (Å²) < 4.78 is 8.78. The quantitative estimate of drug-likeness (QED) is 0.209. The Balaban J connectivity index is 1.40. The summed E-state index contributed by atoms with van der Waals surface area (Å²) in [7, 11) is 0. The molecule has 4 heterocycles. The lowest BCUT2D eigenvalue weighted by Gasteiger charge is -2.39. The minimum Gasteiger partial charge on any atom is -0.457 e. The third-order valence-electron chi connectivity index (χ3n) is 8.81. The van der Waals surface area contributed by atoms with Crippen LogP contribution in [0.1, 0.15) is 33.4 Å². The molecule has 4 aromatic carbocycles. The van der Waals surface area contributed by atoms with Crippen LogP contribution in [0.5, 0.6) is 11.5 Å². The number of para-hydroxylation sites is 1. The third kappa shape index (κ3) is 2.94. The highest BCUT2D eigenvalue weighted by molar-refractivity contribution is 6.10. The number of hydrogen-bond acceptors (Lipinski definition) is 5. The Morgan fingerprint density at radius 2 is 1.16 bits per heavy atom. The zero-order valence-corrected chi connectivity index (χ0v) is 22.6. The predicted molar refractivity (Wildman–Crippen MR) is 163 cm³/mol. The molecule has 1 aliphatic heterocycles. The summed E-state index contributed by atoms with van der Waals surface area (Å²) in [6.45, 7) is 0. The van der Waals surface area contributed by atoms with Gasteiger partial charge in [-0.15, -0.1) is 0 Å². The first-order valence-corrected chi connectivity index (χ1v) is 13.9. The van der Waals surface area contributed by atoms with Crippen molar-refractivity contribution < 1.29 is 4.74 Å². The SMILES string of the molecule is N#Cc1ccc2c(c1)c1cc(C#N)ccc1n2-c1ccc2c(c1)C1(c3ccccc3O2)c2cccnc2-c2ncccc21. The van der Waals surface area contributed by atoms with E-state index in [-0.39, 0.29) is 0 Å². The fraction of sp³-hybridized carbons (Fsp3) is 0.0270. The molecule has 0 atom stereocenters. The smallest absolute Gasteiger partial charge is 0.132 e. The van der Waals surface area contributed by atoms with Crippen molar-refractivity contribution in [1.82, 2.24) is 14.5 Å². The topological polar surface area (TPSA) is 87.5 Å². The number of benzene rings is 4. The molecule has 0 unspecified atom stereocenters. The number of pyridine rings is 2. The summed E-state index contributed by atoms with van der Waals surface area (Å²) in [6, 6.07) is 38.7. The van der Waals surface area contributed by atoms with Gasteiger partial charge in [0.15, 0.2) is 0 Å². The lowest BCUT2D eigenvalue weighted by molar-refractivity contribution is 0.436. The molecule has 1 aliphatic carbocycles. The molecule has 0 saturated carbocycles. The molecule has 0 N–H and O–H groups in total. The Hall–Kier alpha value is -6.24. The molecule has 0 amide bonds. The number of ether oxygens (including phenoxy) is 1. The van der Waals surface area contributed by atoms with Gasteiger partial charge in [-0.25, -0.2) is 0 Å². The molecule has 0 saturated heterocycles. The van der Waals surface area contributed by atoms with Gasteiger partial charge in [-0.05, 0) is 83.9 Å². The van der Waals surface area contributed by atoms with Crippen LogP contribution in [0.2, 0.25) is 0 Å². The number of nitriles is 2. The van der Waals surface area contributed by atoms with Gasteiger partial charge in [0, 0.05) is 40.0 Å². The van der Waals surface area contributed by atoms with Gasteiger partial charge in [-0.1, -0.05) is 30.3 Å². The third-order valence-corrected chi connectivity index (χ3v) is 8.81. The molecule has 7 aromatic rings. The van der Waals surface area contributed by atoms with Crippen LogP contribution in [0.15, 0.2) is 116 Å². The molecule has 43 heavy (non-hydrogen) atoms. The number of fused-ring (bicyclic) bond motifs is 12. The van der Waals surface area contributed by atoms with Crippen LogP contribution in [0.3, 0.4) is 0 Å². The van der Waals surface area contributed by atoms with E-state index in [2.05, 4.69) is 53.1 Å². The highest BCUT2D eigenvalue weighted by Crippen LogP contribution is 2.61. The summed E-state index contributed by atoms with van der Waals surface area (Å²) in [5.74, 6) is 1.58. The van der Waals surface area contributed by atoms with Gasteiger partial charge in [0.1, 0.15) is 11.5 Å². The van der Waals surface area contributed by atoms with E-state index in [0.717, 1.165) is 72.6 Å². The van der Waals surface area contributed by atoms with Crippen molar-refractivity contribution in [2.75, 3.05) is 0 Å². The van der Waals surface area contributed by atoms with E-state index < -0.39 is 5.41 Å². The zero-order valence-electron chi connectivity index (χ0n) is 22.6. The molecule has 6 heteroatoms. The average Bonchev–Trinajstić information content (AvgIpc) is 3.55. The van der Waals surface area contributed by atoms with Gasteiger partial charge in [0.25, 0.3) is 0 Å². The number of rotatable bonds is 1. The fourth-order valence-corrected chi connectivity index (χ4v) is 7.13. The monoisotopic (exact) mass is 549 g/mol. The van der Waals surface area contributed by atoms with E-state index in [1.165, 1.54) is 0 Å². The van der Waals surface area contributed by atoms with Crippen molar-refractivity contribution in [2.45, 2.75) is 5.41 Å². The van der Waals surface area contributed by atoms with Crippen molar-refractivity contribution in [3.63, 3.8) is 0 Å². The Bertz CT molecular complexity index is 2310. The van der Waals surface area contributed by atoms with Crippen LogP contribution >= 0.6 is 0 Å². The summed E-state index contributed by atoms with van der Waals surface area (Å²) >= 11 is 0. The van der Waals surface area contributed by atoms with Crippen molar-refractivity contribution in [3.8, 4) is 40.7 Å². The minimum absolute atomic E-state index is 0.572. The van der Waals surface area contributed by atoms with Crippen molar-refractivity contribution in [1.29, 1.82) is 10.5 Å². The van der Waals surface area contributed by atoms with Gasteiger partial charge in [0.05, 0.1) is 51.1 Å². The fourth-order valence-electron chi connectivity index (χ4n) is 7.13. The van der Waals surface area contributed by atoms with Gasteiger partial charge < -0.3 is 9.30 Å². The Labute approximate surface area is 246 Å². The number of nitrogens with zero attached hydrogens (tertiary/aromatic N) is 5. The Morgan fingerprint density at radius 1 is 0.581 bits per heavy atom. The zero-order chi connectivity index (χ0) is 28.7. The van der Waals surface area contributed by atoms with E-state index in [1.807, 2.05) is 79.1 Å². The molecule has 198 valence electrons. The van der Waals surface area contributed by atoms with Crippen molar-refractivity contribution >= 4 is 21.8 Å². The van der Waals surface area contributed by atoms with E-state index in [4.69, 9.17) is 14.7 Å². The average molecular weight is 550 g/mol. The second-order valence-electron chi connectivity index (χ2n) is 10.9. The molecule has 6 nitrogen and oxygen atoms in total. The maximum absolute atomic E-state index is 9.65. The van der Waals surface area contributed by atoms with Crippen molar-refractivity contribution in [3.05, 3.63) is 149 Å². The van der Waals surface area contributed by atoms with Crippen LogP contribution < -0.4 is 4.74 Å². The second kappa shape index (κ2) is 8.39. The van der Waals surface area contributed by atoms with E-state index in [0.29, 0.717) is 11.1 Å². The maximum atomic E-state index is 9.65. The molecule has 1 spiro atoms. The standard InChI is InChI=1S/C37H19N5O/c38-20-22-9-12-31-25(17-22)26-18-23(21-39)10-13-32(26)42(31)24-11-14-34-30(19-24)37(27-5-1-2-8-33(27)43-34)28-6-3-15-40-35(28)36-29(37)7-4-16-41-36/h1-19H. The molecule has 0 bridgehead atoms. The van der Waals surface area contributed by atoms with Gasteiger partial charge in [-0.3, -0.25) is 9.97 Å². The molecular formula is C37H19N5O. The van der Waals surface area contributed by atoms with E-state index >= 15 is 0 Å². The second-order valence-corrected chi connectivity index (χ2v) is 10.9. The van der Waals surface area contributed by atoms with Crippen LogP contribution in [0.4, 0.5) is 0 Å². The van der Waals surface area contributed by atoms with Gasteiger partial charge in [0.2, 0.25) is 0 Å². The number of aromatic nitrogens is 3. The molecule has 2 aliphatic rings. The molecular weight excluding hydrogens is 530 g/mol. The largest absolute Gasteiger partial charge is 0.457 e. The normalized spacial score (nSPS) is 13.4. The Kier molecular flexibility index (Phi) is 4.58. The molecule has 3 aromatic heterocycles. The van der Waals surface area contributed by atoms with Crippen molar-refractivity contribution in [2.24, 2.45) is 0 Å². The highest BCUT2D eigenvalue weighted by atomic mass is 16.5. The van der Waals surface area contributed by atoms with E-state index in [9.17, 15) is 10.5 Å². The number of hydrogen-bond donors (Lipinski definition) is 0. The van der Waals surface area contributed by atoms with Crippen LogP contribution in [-0.2, 0) is 5.41 Å². The predicted octanol–water partition coefficient (Wildman–Crippen LogP) is 7.79. The summed E-state index contributed by atoms with van der Waals surface area (Å²) in [6.07, 6.45) is 3.64. The lowest BCUT2D eigenvalue weighted by Crippen LogP contribution is -2.32. The maximum Gasteiger partial charge on any atom is 0.132 e. The first kappa shape index (κ1) is 23.5. The van der Waals surface area contributed by atoms with Gasteiger partial charge >= 0.3 is 0 Å². The molecule has 9 rings (SSSR count). The van der Waals surface area contributed by atoms with Crippen LogP contribution in [-0.4, -0.2) is 14.5 Å². The first-order valence-electron chi connectivity index (χ1n) is 13.9. The Morgan fingerprint density at radius 3 is 1.79 bits per heavy atom. The minimum atomic E-state index is -0.686. The highest BCUT2D eigenvalue weighted by Gasteiger charge is 2.52. The summed E-state index contributed by atoms with van der Waals surface area (Å²) in [5, 5.41) is 21.1. The summed E-state index contributed by atoms with van der Waals surface area (Å²) in [5.41, 5.74) is 9.22.